The lowest BCUT2D eigenvalue weighted by Crippen LogP contribution is -2.13. The number of aryl methyl sites for hydroxylation is 1. The van der Waals surface area contributed by atoms with Gasteiger partial charge in [-0.2, -0.15) is 5.10 Å². The molecule has 0 aliphatic rings. The van der Waals surface area contributed by atoms with Gasteiger partial charge in [-0.3, -0.25) is 4.68 Å². The lowest BCUT2D eigenvalue weighted by atomic mass is 10.3. The van der Waals surface area contributed by atoms with Crippen LogP contribution in [0.15, 0.2) is 12.3 Å². The number of aromatic nitrogens is 2. The molecule has 0 saturated carbocycles. The van der Waals surface area contributed by atoms with Crippen LogP contribution in [0.2, 0.25) is 0 Å². The van der Waals surface area contributed by atoms with E-state index in [1.165, 1.54) is 4.68 Å². The Labute approximate surface area is 76.9 Å². The third kappa shape index (κ3) is 3.16. The molecule has 0 saturated heterocycles. The van der Waals surface area contributed by atoms with Crippen LogP contribution in [0.4, 0.5) is 0 Å². The summed E-state index contributed by atoms with van der Waals surface area (Å²) in [5, 5.41) is 13.3. The topological polar surface area (TPSA) is 72.2 Å². The van der Waals surface area contributed by atoms with Crippen LogP contribution in [0.1, 0.15) is 11.8 Å². The van der Waals surface area contributed by atoms with E-state index in [1.54, 1.807) is 19.3 Å². The van der Waals surface area contributed by atoms with Gasteiger partial charge < -0.3 is 5.11 Å². The van der Waals surface area contributed by atoms with Crippen LogP contribution in [0.5, 0.6) is 0 Å². The maximum absolute atomic E-state index is 10.8. The minimum Gasteiger partial charge on any atom is -0.386 e. The second-order valence-corrected chi connectivity index (χ2v) is 5.21. The summed E-state index contributed by atoms with van der Waals surface area (Å²) in [5.41, 5.74) is 0.382. The summed E-state index contributed by atoms with van der Waals surface area (Å²) in [6.45, 7) is 0. The van der Waals surface area contributed by atoms with Gasteiger partial charge in [-0.1, -0.05) is 0 Å². The molecule has 1 aromatic heterocycles. The minimum absolute atomic E-state index is 0.288. The van der Waals surface area contributed by atoms with Gasteiger partial charge in [0.15, 0.2) is 0 Å². The van der Waals surface area contributed by atoms with Gasteiger partial charge in [-0.25, -0.2) is 8.42 Å². The quantitative estimate of drug-likeness (QED) is 0.720. The van der Waals surface area contributed by atoms with E-state index in [4.69, 9.17) is 0 Å². The van der Waals surface area contributed by atoms with Gasteiger partial charge in [-0.05, 0) is 6.07 Å². The monoisotopic (exact) mass is 204 g/mol. The van der Waals surface area contributed by atoms with E-state index in [2.05, 4.69) is 5.10 Å². The van der Waals surface area contributed by atoms with Gasteiger partial charge in [-0.15, -0.1) is 0 Å². The predicted octanol–water partition coefficient (Wildman–Crippen LogP) is -0.502. The van der Waals surface area contributed by atoms with Crippen LogP contribution in [0.3, 0.4) is 0 Å². The molecule has 13 heavy (non-hydrogen) atoms. The summed E-state index contributed by atoms with van der Waals surface area (Å²) in [5.74, 6) is -0.288. The lowest BCUT2D eigenvalue weighted by molar-refractivity contribution is 0.196. The van der Waals surface area contributed by atoms with E-state index in [0.717, 1.165) is 6.26 Å². The maximum Gasteiger partial charge on any atom is 0.150 e. The fourth-order valence-electron chi connectivity index (χ4n) is 0.983. The Kier molecular flexibility index (Phi) is 2.72. The molecule has 1 unspecified atom stereocenters. The van der Waals surface area contributed by atoms with Crippen LogP contribution in [0, 0.1) is 0 Å². The second kappa shape index (κ2) is 3.47. The fourth-order valence-corrected chi connectivity index (χ4v) is 1.73. The van der Waals surface area contributed by atoms with Crippen molar-refractivity contribution in [2.75, 3.05) is 12.0 Å². The number of hydrogen-bond acceptors (Lipinski definition) is 4. The second-order valence-electron chi connectivity index (χ2n) is 3.02. The van der Waals surface area contributed by atoms with Crippen molar-refractivity contribution in [1.29, 1.82) is 0 Å². The molecule has 1 aromatic rings. The Morgan fingerprint density at radius 3 is 2.69 bits per heavy atom. The standard InChI is InChI=1S/C7H12N2O3S/c1-9-4-3-6(8-9)7(10)5-13(2,11)12/h3-4,7,10H,5H2,1-2H3. The van der Waals surface area contributed by atoms with Gasteiger partial charge in [0.2, 0.25) is 0 Å². The first-order chi connectivity index (χ1) is 5.88. The van der Waals surface area contributed by atoms with E-state index in [1.807, 2.05) is 0 Å². The van der Waals surface area contributed by atoms with Gasteiger partial charge in [0.05, 0.1) is 11.4 Å². The predicted molar refractivity (Wildman–Crippen MR) is 47.9 cm³/mol. The summed E-state index contributed by atoms with van der Waals surface area (Å²) in [4.78, 5) is 0. The molecule has 0 bridgehead atoms. The molecule has 1 N–H and O–H groups in total. The third-order valence-corrected chi connectivity index (χ3v) is 2.46. The van der Waals surface area contributed by atoms with Crippen LogP contribution in [0.25, 0.3) is 0 Å². The first-order valence-electron chi connectivity index (χ1n) is 3.74. The van der Waals surface area contributed by atoms with Crippen molar-refractivity contribution in [3.63, 3.8) is 0 Å². The number of hydrogen-bond donors (Lipinski definition) is 1. The van der Waals surface area contributed by atoms with Crippen molar-refractivity contribution in [2.45, 2.75) is 6.10 Å². The van der Waals surface area contributed by atoms with Gasteiger partial charge in [0.25, 0.3) is 0 Å². The van der Waals surface area contributed by atoms with Crippen molar-refractivity contribution >= 4 is 9.84 Å². The zero-order chi connectivity index (χ0) is 10.1. The SMILES string of the molecule is Cn1ccc(C(O)CS(C)(=O)=O)n1. The van der Waals surface area contributed by atoms with Crippen LogP contribution in [-0.2, 0) is 16.9 Å². The van der Waals surface area contributed by atoms with E-state index >= 15 is 0 Å². The molecule has 0 fully saturated rings. The van der Waals surface area contributed by atoms with Crippen LogP contribution in [-0.4, -0.2) is 35.3 Å². The maximum atomic E-state index is 10.8. The number of nitrogens with zero attached hydrogens (tertiary/aromatic N) is 2. The number of rotatable bonds is 3. The molecule has 0 radical (unpaired) electrons. The minimum atomic E-state index is -3.16. The number of aliphatic hydroxyl groups excluding tert-OH is 1. The van der Waals surface area contributed by atoms with E-state index in [-0.39, 0.29) is 5.75 Å². The summed E-state index contributed by atoms with van der Waals surface area (Å²) in [6.07, 6.45) is 1.70. The Morgan fingerprint density at radius 2 is 2.31 bits per heavy atom. The van der Waals surface area contributed by atoms with E-state index in [0.29, 0.717) is 5.69 Å². The zero-order valence-electron chi connectivity index (χ0n) is 7.51. The molecule has 0 spiro atoms. The van der Waals surface area contributed by atoms with Crippen molar-refractivity contribution < 1.29 is 13.5 Å². The summed E-state index contributed by atoms with van der Waals surface area (Å²) >= 11 is 0. The highest BCUT2D eigenvalue weighted by Gasteiger charge is 2.16. The van der Waals surface area contributed by atoms with E-state index < -0.39 is 15.9 Å². The highest BCUT2D eigenvalue weighted by Crippen LogP contribution is 2.11. The molecular formula is C7H12N2O3S. The molecular weight excluding hydrogens is 192 g/mol. The van der Waals surface area contributed by atoms with Gasteiger partial charge in [0, 0.05) is 19.5 Å². The molecule has 1 heterocycles. The summed E-state index contributed by atoms with van der Waals surface area (Å²) in [7, 11) is -1.46. The largest absolute Gasteiger partial charge is 0.386 e. The molecule has 0 aliphatic carbocycles. The first kappa shape index (κ1) is 10.2. The van der Waals surface area contributed by atoms with Crippen LogP contribution < -0.4 is 0 Å². The third-order valence-electron chi connectivity index (χ3n) is 1.54. The summed E-state index contributed by atoms with van der Waals surface area (Å²) in [6, 6.07) is 1.59. The molecule has 0 aromatic carbocycles. The summed E-state index contributed by atoms with van der Waals surface area (Å²) < 4.78 is 23.2. The molecule has 74 valence electrons. The van der Waals surface area contributed by atoms with Crippen molar-refractivity contribution in [2.24, 2.45) is 7.05 Å². The average molecular weight is 204 g/mol. The lowest BCUT2D eigenvalue weighted by Gasteiger charge is -2.04. The highest BCUT2D eigenvalue weighted by atomic mass is 32.2. The number of sulfone groups is 1. The molecule has 6 heteroatoms. The van der Waals surface area contributed by atoms with Gasteiger partial charge >= 0.3 is 0 Å². The van der Waals surface area contributed by atoms with Crippen molar-refractivity contribution in [3.8, 4) is 0 Å². The molecule has 1 atom stereocenters. The normalized spacial score (nSPS) is 14.4. The average Bonchev–Trinajstić information content (AvgIpc) is 2.31. The smallest absolute Gasteiger partial charge is 0.150 e. The zero-order valence-corrected chi connectivity index (χ0v) is 8.32. The molecule has 5 nitrogen and oxygen atoms in total. The molecule has 1 rings (SSSR count). The van der Waals surface area contributed by atoms with Crippen LogP contribution >= 0.6 is 0 Å². The number of aliphatic hydroxyl groups is 1. The van der Waals surface area contributed by atoms with Crippen molar-refractivity contribution in [3.05, 3.63) is 18.0 Å². The molecule has 0 amide bonds. The Balaban J connectivity index is 2.75. The highest BCUT2D eigenvalue weighted by molar-refractivity contribution is 7.90. The first-order valence-corrected chi connectivity index (χ1v) is 5.80. The molecule has 0 aliphatic heterocycles. The Bertz CT molecular complexity index is 382. The van der Waals surface area contributed by atoms with Crippen molar-refractivity contribution in [1.82, 2.24) is 9.78 Å². The van der Waals surface area contributed by atoms with E-state index in [9.17, 15) is 13.5 Å². The fraction of sp³-hybridized carbons (Fsp3) is 0.571. The Morgan fingerprint density at radius 1 is 1.69 bits per heavy atom. The van der Waals surface area contributed by atoms with Gasteiger partial charge in [0.1, 0.15) is 15.9 Å². The Hall–Kier alpha value is -0.880.